The molecule has 2 unspecified atom stereocenters. The summed E-state index contributed by atoms with van der Waals surface area (Å²) < 4.78 is 45.1. The van der Waals surface area contributed by atoms with E-state index >= 15 is 0 Å². The van der Waals surface area contributed by atoms with E-state index in [1.807, 2.05) is 0 Å². The maximum Gasteiger partial charge on any atom is 0.361 e. The third-order valence-electron chi connectivity index (χ3n) is 9.80. The van der Waals surface area contributed by atoms with E-state index in [1.165, 1.54) is 16.7 Å². The van der Waals surface area contributed by atoms with E-state index in [9.17, 15) is 42.0 Å². The maximum absolute atomic E-state index is 13.8. The van der Waals surface area contributed by atoms with E-state index in [-0.39, 0.29) is 0 Å². The lowest BCUT2D eigenvalue weighted by atomic mass is 9.95. The number of sulfone groups is 1. The summed E-state index contributed by atoms with van der Waals surface area (Å²) in [5, 5.41) is 7.98. The summed E-state index contributed by atoms with van der Waals surface area (Å²) in [4.78, 5) is 92.8. The summed E-state index contributed by atoms with van der Waals surface area (Å²) in [5.41, 5.74) is 5.49. The van der Waals surface area contributed by atoms with Crippen LogP contribution < -0.4 is 11.1 Å². The van der Waals surface area contributed by atoms with Crippen molar-refractivity contribution in [2.75, 3.05) is 21.0 Å². The van der Waals surface area contributed by atoms with Gasteiger partial charge in [0.25, 0.3) is 0 Å². The van der Waals surface area contributed by atoms with Crippen LogP contribution >= 0.6 is 11.8 Å². The zero-order valence-electron chi connectivity index (χ0n) is 28.9. The second-order valence-electron chi connectivity index (χ2n) is 13.3. The van der Waals surface area contributed by atoms with Crippen LogP contribution in [0.4, 0.5) is 0 Å². The van der Waals surface area contributed by atoms with Crippen LogP contribution in [0.2, 0.25) is 0 Å². The molecule has 0 bridgehead atoms. The van der Waals surface area contributed by atoms with Gasteiger partial charge in [-0.2, -0.15) is 0 Å². The highest BCUT2D eigenvalue weighted by Crippen LogP contribution is 2.51. The number of hydrogen-bond donors (Lipinski definition) is 2. The Balaban J connectivity index is 1.15. The lowest BCUT2D eigenvalue weighted by Crippen LogP contribution is -2.71. The van der Waals surface area contributed by atoms with Gasteiger partial charge >= 0.3 is 23.9 Å². The lowest BCUT2D eigenvalue weighted by Gasteiger charge is -2.44. The molecule has 0 saturated carbocycles. The fourth-order valence-electron chi connectivity index (χ4n) is 7.01. The van der Waals surface area contributed by atoms with E-state index in [0.29, 0.717) is 5.56 Å². The zero-order chi connectivity index (χ0) is 38.8. The second-order valence-corrected chi connectivity index (χ2v) is 17.7. The van der Waals surface area contributed by atoms with Gasteiger partial charge < -0.3 is 39.8 Å². The van der Waals surface area contributed by atoms with Gasteiger partial charge in [-0.25, -0.2) is 32.3 Å². The number of nitrogens with two attached hydrogens (primary N) is 1. The number of ether oxygens (including phenoxy) is 4. The number of thioether (sulfide) groups is 1. The van der Waals surface area contributed by atoms with Crippen molar-refractivity contribution in [1.82, 2.24) is 30.1 Å². The van der Waals surface area contributed by atoms with Gasteiger partial charge in [0.05, 0.1) is 27.2 Å². The predicted molar refractivity (Wildman–Crippen MR) is 178 cm³/mol. The topological polar surface area (TPSA) is 266 Å². The Morgan fingerprint density at radius 3 is 2.21 bits per heavy atom. The van der Waals surface area contributed by atoms with E-state index < -0.39 is 127 Å². The summed E-state index contributed by atoms with van der Waals surface area (Å²) in [6, 6.07) is 3.61. The Morgan fingerprint density at radius 1 is 0.981 bits per heavy atom. The summed E-state index contributed by atoms with van der Waals surface area (Å²) in [5.74, 6) is -6.20. The molecule has 0 aliphatic carbocycles. The molecule has 1 aromatic heterocycles. The lowest BCUT2D eigenvalue weighted by molar-refractivity contribution is -0.181. The summed E-state index contributed by atoms with van der Waals surface area (Å²) in [7, 11) is -2.36. The Labute approximate surface area is 305 Å². The molecule has 53 heavy (non-hydrogen) atoms. The van der Waals surface area contributed by atoms with Gasteiger partial charge in [0.2, 0.25) is 30.2 Å². The van der Waals surface area contributed by atoms with Crippen molar-refractivity contribution in [3.05, 3.63) is 47.3 Å². The van der Waals surface area contributed by atoms with Gasteiger partial charge in [-0.3, -0.25) is 14.4 Å². The normalized spacial score (nSPS) is 28.1. The van der Waals surface area contributed by atoms with Crippen LogP contribution in [0.5, 0.6) is 0 Å². The number of fused-ring (bicyclic) bond motifs is 2. The smallest absolute Gasteiger partial charge is 0.361 e. The highest BCUT2D eigenvalue weighted by molar-refractivity contribution is 8.01. The molecule has 6 rings (SSSR count). The number of methoxy groups -OCH3 is 2. The standard InChI is InChI=1S/C31H35N7O13S2/c1-30(2)21(38-24(41)19(25(38)52-30)33-23(40)17(32)14-9-7-6-8-10-14)28(44)50-13-51-29(45)22-31(3,53(46,47)16-11-15(39)37(16)22)12-36-20(27(43)49-5)18(34-35-36)26(42)48-4/h6-10,16-17,19,21-22,25H,11-13,32H2,1-5H3,(H,33,40)/t16-,17?,19?,21+,22+,25-,31+/m1/s1. The average molecular weight is 778 g/mol. The number of nitrogens with one attached hydrogen (secondary N) is 1. The number of β-lactam (4-membered cyclic amide) rings is 2. The SMILES string of the molecule is COC(=O)c1nnn(C[C@@]2(C)[C@H](C(=O)OCOC(=O)[C@@H]3N4C(=O)C(NC(=O)C(N)c5ccccc5)[C@H]4SC3(C)C)N3C(=O)C[C@H]3S2(=O)=O)c1C(=O)OC. The first kappa shape index (κ1) is 37.7. The van der Waals surface area contributed by atoms with Crippen LogP contribution in [0.15, 0.2) is 30.3 Å². The second kappa shape index (κ2) is 13.4. The van der Waals surface area contributed by atoms with E-state index in [2.05, 4.69) is 20.4 Å². The Bertz CT molecular complexity index is 2020. The molecule has 5 heterocycles. The molecule has 3 N–H and O–H groups in total. The van der Waals surface area contributed by atoms with Crippen molar-refractivity contribution in [3.63, 3.8) is 0 Å². The number of carbonyl (C=O) groups excluding carboxylic acids is 7. The molecule has 7 atom stereocenters. The van der Waals surface area contributed by atoms with Gasteiger partial charge in [-0.1, -0.05) is 35.5 Å². The molecule has 0 spiro atoms. The fourth-order valence-corrected chi connectivity index (χ4v) is 11.0. The van der Waals surface area contributed by atoms with Gasteiger partial charge in [0.1, 0.15) is 33.6 Å². The molecule has 4 fully saturated rings. The number of nitrogens with zero attached hydrogens (tertiary/aromatic N) is 5. The Hall–Kier alpha value is -5.09. The van der Waals surface area contributed by atoms with Crippen molar-refractivity contribution >= 4 is 63.2 Å². The third-order valence-corrected chi connectivity index (χ3v) is 14.1. The largest absolute Gasteiger partial charge is 0.464 e. The highest BCUT2D eigenvalue weighted by atomic mass is 32.2. The molecule has 0 radical (unpaired) electrons. The molecule has 2 aromatic rings. The van der Waals surface area contributed by atoms with Crippen LogP contribution in [-0.2, 0) is 59.3 Å². The number of rotatable bonds is 11. The summed E-state index contributed by atoms with van der Waals surface area (Å²) in [6.45, 7) is 2.75. The Morgan fingerprint density at radius 2 is 1.60 bits per heavy atom. The summed E-state index contributed by atoms with van der Waals surface area (Å²) in [6.07, 6.45) is -0.426. The molecule has 4 saturated heterocycles. The van der Waals surface area contributed by atoms with Gasteiger partial charge in [0.15, 0.2) is 21.6 Å². The molecular formula is C31H35N7O13S2. The van der Waals surface area contributed by atoms with Crippen LogP contribution in [0, 0.1) is 0 Å². The van der Waals surface area contributed by atoms with Crippen LogP contribution in [0.3, 0.4) is 0 Å². The van der Waals surface area contributed by atoms with Crippen LogP contribution in [-0.4, -0.2) is 134 Å². The molecule has 4 aliphatic rings. The highest BCUT2D eigenvalue weighted by Gasteiger charge is 2.71. The number of esters is 4. The van der Waals surface area contributed by atoms with Crippen LogP contribution in [0.25, 0.3) is 0 Å². The van der Waals surface area contributed by atoms with Gasteiger partial charge in [0, 0.05) is 4.75 Å². The first-order valence-electron chi connectivity index (χ1n) is 16.0. The molecule has 1 aromatic carbocycles. The first-order chi connectivity index (χ1) is 24.9. The van der Waals surface area contributed by atoms with Crippen molar-refractivity contribution < 1.29 is 60.9 Å². The minimum atomic E-state index is -4.38. The van der Waals surface area contributed by atoms with Crippen molar-refractivity contribution in [1.29, 1.82) is 0 Å². The van der Waals surface area contributed by atoms with Gasteiger partial charge in [-0.15, -0.1) is 16.9 Å². The number of benzene rings is 1. The summed E-state index contributed by atoms with van der Waals surface area (Å²) >= 11 is 1.25. The quantitative estimate of drug-likeness (QED) is 0.111. The third kappa shape index (κ3) is 5.87. The van der Waals surface area contributed by atoms with Crippen LogP contribution in [0.1, 0.15) is 59.8 Å². The minimum Gasteiger partial charge on any atom is -0.464 e. The average Bonchev–Trinajstić information content (AvgIpc) is 3.69. The number of hydrogen-bond acceptors (Lipinski definition) is 17. The fraction of sp³-hybridized carbons (Fsp3) is 0.516. The zero-order valence-corrected chi connectivity index (χ0v) is 30.5. The number of aromatic nitrogens is 3. The molecular weight excluding hydrogens is 743 g/mol. The molecule has 22 heteroatoms. The number of amides is 3. The van der Waals surface area contributed by atoms with Crippen molar-refractivity contribution in [2.24, 2.45) is 5.73 Å². The molecule has 4 aliphatic heterocycles. The molecule has 284 valence electrons. The van der Waals surface area contributed by atoms with E-state index in [1.54, 1.807) is 44.2 Å². The monoisotopic (exact) mass is 777 g/mol. The van der Waals surface area contributed by atoms with E-state index in [0.717, 1.165) is 30.7 Å². The predicted octanol–water partition coefficient (Wildman–Crippen LogP) is -1.74. The Kier molecular flexibility index (Phi) is 9.52. The molecule has 20 nitrogen and oxygen atoms in total. The number of carbonyl (C=O) groups is 7. The van der Waals surface area contributed by atoms with Crippen molar-refractivity contribution in [3.8, 4) is 0 Å². The first-order valence-corrected chi connectivity index (χ1v) is 18.4. The van der Waals surface area contributed by atoms with Crippen molar-refractivity contribution in [2.45, 2.75) is 78.1 Å². The van der Waals surface area contributed by atoms with E-state index in [4.69, 9.17) is 19.9 Å². The maximum atomic E-state index is 13.8. The molecule has 3 amide bonds. The van der Waals surface area contributed by atoms with Gasteiger partial charge in [-0.05, 0) is 26.3 Å². The minimum absolute atomic E-state index is 0.426.